The van der Waals surface area contributed by atoms with Gasteiger partial charge in [-0.2, -0.15) is 0 Å². The van der Waals surface area contributed by atoms with Gasteiger partial charge < -0.3 is 12.2 Å². The van der Waals surface area contributed by atoms with E-state index < -0.39 is 0 Å². The maximum absolute atomic E-state index is 11.4. The second-order valence-electron chi connectivity index (χ2n) is 3.44. The molecule has 0 saturated carbocycles. The van der Waals surface area contributed by atoms with Gasteiger partial charge >= 0.3 is 51.4 Å². The van der Waals surface area contributed by atoms with Crippen molar-refractivity contribution in [3.8, 4) is 0 Å². The van der Waals surface area contributed by atoms with Crippen molar-refractivity contribution in [3.05, 3.63) is 38.3 Å². The number of carbonyl (C=O) groups is 1. The van der Waals surface area contributed by atoms with Gasteiger partial charge in [0.2, 0.25) is 0 Å². The van der Waals surface area contributed by atoms with Crippen molar-refractivity contribution in [2.75, 3.05) is 0 Å². The Morgan fingerprint density at radius 1 is 1.56 bits per heavy atom. The van der Waals surface area contributed by atoms with Crippen molar-refractivity contribution in [3.63, 3.8) is 0 Å². The van der Waals surface area contributed by atoms with Gasteiger partial charge in [-0.15, -0.1) is 0 Å². The Labute approximate surface area is 142 Å². The Balaban J connectivity index is 0. The van der Waals surface area contributed by atoms with Crippen LogP contribution in [-0.4, -0.2) is 11.9 Å². The second-order valence-corrected chi connectivity index (χ2v) is 3.44. The average Bonchev–Trinajstić information content (AvgIpc) is 2.26. The molecule has 0 radical (unpaired) electrons. The van der Waals surface area contributed by atoms with Gasteiger partial charge in [-0.05, 0) is 18.4 Å². The summed E-state index contributed by atoms with van der Waals surface area (Å²) in [4.78, 5) is 11.4. The van der Waals surface area contributed by atoms with Crippen molar-refractivity contribution in [2.24, 2.45) is 0 Å². The predicted molar refractivity (Wildman–Crippen MR) is 63.0 cm³/mol. The molecule has 0 saturated heterocycles. The Morgan fingerprint density at radius 3 is 2.69 bits per heavy atom. The third kappa shape index (κ3) is 6.47. The van der Waals surface area contributed by atoms with E-state index in [2.05, 4.69) is 25.3 Å². The number of Topliss-reactive ketones (excluding diaryl/α,β-unsaturated/α-hetero) is 1. The third-order valence-corrected chi connectivity index (χ3v) is 2.40. The summed E-state index contributed by atoms with van der Waals surface area (Å²) in [5.74, 6) is 0.125. The molecule has 0 heterocycles. The largest absolute Gasteiger partial charge is 1.00 e. The first kappa shape index (κ1) is 19.1. The molecule has 1 atom stereocenters. The van der Waals surface area contributed by atoms with E-state index in [1.165, 1.54) is 5.57 Å². The molecule has 2 nitrogen and oxygen atoms in total. The zero-order valence-corrected chi connectivity index (χ0v) is 13.8. The normalized spacial score (nSPS) is 15.5. The molecule has 0 spiro atoms. The molecule has 0 fully saturated rings. The predicted octanol–water partition coefficient (Wildman–Crippen LogP) is 0.263. The van der Waals surface area contributed by atoms with Gasteiger partial charge in [0.05, 0.1) is 6.10 Å². The number of carbonyl (C=O) groups excluding carboxylic acids is 1. The average molecular weight is 247 g/mol. The van der Waals surface area contributed by atoms with Crippen molar-refractivity contribution in [1.82, 2.24) is 0 Å². The van der Waals surface area contributed by atoms with Crippen molar-refractivity contribution in [2.45, 2.75) is 38.7 Å². The topological polar surface area (TPSA) is 26.3 Å². The zero-order valence-electron chi connectivity index (χ0n) is 10.7. The first-order valence-electron chi connectivity index (χ1n) is 5.07. The van der Waals surface area contributed by atoms with E-state index in [0.717, 1.165) is 12.8 Å². The fourth-order valence-electron chi connectivity index (χ4n) is 1.53. The summed E-state index contributed by atoms with van der Waals surface area (Å²) >= 11 is 0. The summed E-state index contributed by atoms with van der Waals surface area (Å²) in [5, 5.41) is 0. The second kappa shape index (κ2) is 10.9. The van der Waals surface area contributed by atoms with Crippen molar-refractivity contribution >= 4 is 5.78 Å². The fourth-order valence-corrected chi connectivity index (χ4v) is 1.53. The van der Waals surface area contributed by atoms with Crippen LogP contribution in [0.2, 0.25) is 0 Å². The smallest absolute Gasteiger partial charge is 0.547 e. The molecule has 16 heavy (non-hydrogen) atoms. The molecule has 1 aliphatic carbocycles. The Hall–Kier alpha value is 0.746. The number of allylic oxidation sites excluding steroid dienone is 3. The zero-order chi connectivity index (χ0) is 10.4. The van der Waals surface area contributed by atoms with Crippen LogP contribution in [0.5, 0.6) is 0 Å². The first-order chi connectivity index (χ1) is 6.77. The number of hydrogen-bond acceptors (Lipinski definition) is 2. The maximum atomic E-state index is 11.4. The van der Waals surface area contributed by atoms with Crippen LogP contribution < -0.4 is 51.4 Å². The Kier molecular flexibility index (Phi) is 13.0. The molecular formula is C13H20KO2-. The monoisotopic (exact) mass is 247 g/mol. The molecule has 86 valence electrons. The Morgan fingerprint density at radius 2 is 2.25 bits per heavy atom. The van der Waals surface area contributed by atoms with Gasteiger partial charge in [-0.1, -0.05) is 25.2 Å². The van der Waals surface area contributed by atoms with Crippen LogP contribution in [-0.2, 0) is 9.53 Å². The number of hydrogen-bond donors (Lipinski definition) is 0. The molecule has 0 aromatic carbocycles. The molecule has 1 unspecified atom stereocenters. The van der Waals surface area contributed by atoms with Crippen LogP contribution in [0.1, 0.15) is 32.6 Å². The third-order valence-electron chi connectivity index (χ3n) is 2.40. The molecule has 0 N–H and O–H groups in total. The standard InChI is InChI=1S/C12H17O2.CH3.K/c1-3-11(13)12(14-2)9-10-7-5-4-6-8-10;;/h5,7-8,12H,2-4,6,9H2,1H3;1H3;/q2*-1;+1. The van der Waals surface area contributed by atoms with E-state index in [1.807, 2.05) is 6.92 Å². The SMILES string of the molecule is [CH2-]OC(CC1=CCCC=C1)C(=O)CC.[CH3-].[K+]. The molecule has 0 amide bonds. The van der Waals surface area contributed by atoms with E-state index in [-0.39, 0.29) is 70.7 Å². The summed E-state index contributed by atoms with van der Waals surface area (Å²) < 4.78 is 4.93. The van der Waals surface area contributed by atoms with Crippen LogP contribution >= 0.6 is 0 Å². The number of ketones is 1. The summed E-state index contributed by atoms with van der Waals surface area (Å²) in [6.45, 7) is 1.85. The van der Waals surface area contributed by atoms with Gasteiger partial charge in [0.1, 0.15) is 0 Å². The number of rotatable bonds is 5. The Bertz CT molecular complexity index is 257. The van der Waals surface area contributed by atoms with Crippen LogP contribution in [0.4, 0.5) is 0 Å². The quantitative estimate of drug-likeness (QED) is 0.515. The molecule has 0 aromatic rings. The maximum Gasteiger partial charge on any atom is 1.00 e. The van der Waals surface area contributed by atoms with E-state index in [9.17, 15) is 4.79 Å². The molecule has 1 rings (SSSR count). The molecule has 1 aliphatic rings. The van der Waals surface area contributed by atoms with Crippen molar-refractivity contribution < 1.29 is 60.9 Å². The molecule has 3 heteroatoms. The minimum atomic E-state index is -0.367. The van der Waals surface area contributed by atoms with Crippen LogP contribution in [0.25, 0.3) is 0 Å². The molecular weight excluding hydrogens is 227 g/mol. The minimum Gasteiger partial charge on any atom is -0.547 e. The fraction of sp³-hybridized carbons (Fsp3) is 0.462. The first-order valence-corrected chi connectivity index (χ1v) is 5.07. The van der Waals surface area contributed by atoms with E-state index in [1.54, 1.807) is 0 Å². The summed E-state index contributed by atoms with van der Waals surface area (Å²) in [5.41, 5.74) is 1.19. The van der Waals surface area contributed by atoms with E-state index in [4.69, 9.17) is 4.74 Å². The van der Waals surface area contributed by atoms with E-state index >= 15 is 0 Å². The van der Waals surface area contributed by atoms with Gasteiger partial charge in [-0.3, -0.25) is 4.79 Å². The summed E-state index contributed by atoms with van der Waals surface area (Å²) in [7, 11) is 3.35. The van der Waals surface area contributed by atoms with Gasteiger partial charge in [-0.25, -0.2) is 7.11 Å². The minimum absolute atomic E-state index is 0. The summed E-state index contributed by atoms with van der Waals surface area (Å²) in [6, 6.07) is 0. The molecule has 0 aliphatic heterocycles. The number of ether oxygens (including phenoxy) is 1. The molecule has 0 aromatic heterocycles. The van der Waals surface area contributed by atoms with Gasteiger partial charge in [0, 0.05) is 12.8 Å². The van der Waals surface area contributed by atoms with Gasteiger partial charge in [0.25, 0.3) is 0 Å². The molecule has 0 bridgehead atoms. The van der Waals surface area contributed by atoms with Crippen LogP contribution in [0.3, 0.4) is 0 Å². The van der Waals surface area contributed by atoms with Crippen LogP contribution in [0.15, 0.2) is 23.8 Å². The van der Waals surface area contributed by atoms with Gasteiger partial charge in [0.15, 0.2) is 5.78 Å². The van der Waals surface area contributed by atoms with Crippen LogP contribution in [0, 0.1) is 14.5 Å². The van der Waals surface area contributed by atoms with Crippen molar-refractivity contribution in [1.29, 1.82) is 0 Å². The summed E-state index contributed by atoms with van der Waals surface area (Å²) in [6.07, 6.45) is 9.33. The van der Waals surface area contributed by atoms with E-state index in [0.29, 0.717) is 12.8 Å².